The van der Waals surface area contributed by atoms with Crippen molar-refractivity contribution < 1.29 is 9.21 Å². The van der Waals surface area contributed by atoms with Crippen molar-refractivity contribution in [3.8, 4) is 0 Å². The van der Waals surface area contributed by atoms with E-state index in [0.29, 0.717) is 12.3 Å². The first kappa shape index (κ1) is 17.0. The van der Waals surface area contributed by atoms with Crippen molar-refractivity contribution in [2.45, 2.75) is 58.9 Å². The Morgan fingerprint density at radius 1 is 1.38 bits per heavy atom. The van der Waals surface area contributed by atoms with E-state index in [1.54, 1.807) is 0 Å². The Hall–Kier alpha value is -1.88. The highest BCUT2D eigenvalue weighted by Gasteiger charge is 2.26. The van der Waals surface area contributed by atoms with E-state index in [4.69, 9.17) is 10.2 Å². The van der Waals surface area contributed by atoms with E-state index in [-0.39, 0.29) is 17.4 Å². The summed E-state index contributed by atoms with van der Waals surface area (Å²) in [6.07, 6.45) is 4.48. The molecule has 0 aliphatic heterocycles. The minimum Gasteiger partial charge on any atom is -0.441 e. The van der Waals surface area contributed by atoms with Crippen LogP contribution in [-0.2, 0) is 11.2 Å². The molecule has 1 aromatic carbocycles. The van der Waals surface area contributed by atoms with Gasteiger partial charge in [-0.1, -0.05) is 27.2 Å². The molecule has 1 saturated carbocycles. The molecule has 3 rings (SSSR count). The Morgan fingerprint density at radius 3 is 2.83 bits per heavy atom. The molecule has 0 unspecified atom stereocenters. The van der Waals surface area contributed by atoms with Crippen LogP contribution in [-0.4, -0.2) is 16.9 Å². The van der Waals surface area contributed by atoms with Gasteiger partial charge in [0.15, 0.2) is 11.5 Å². The van der Waals surface area contributed by atoms with Gasteiger partial charge in [-0.2, -0.15) is 0 Å². The van der Waals surface area contributed by atoms with E-state index in [9.17, 15) is 4.79 Å². The Balaban J connectivity index is 1.67. The lowest BCUT2D eigenvalue weighted by Crippen LogP contribution is -2.28. The second-order valence-electron chi connectivity index (χ2n) is 8.13. The Bertz CT molecular complexity index is 730. The molecule has 1 fully saturated rings. The largest absolute Gasteiger partial charge is 0.441 e. The number of oxazole rings is 1. The van der Waals surface area contributed by atoms with Crippen LogP contribution in [0, 0.1) is 11.3 Å². The van der Waals surface area contributed by atoms with Crippen LogP contribution in [0.25, 0.3) is 11.1 Å². The topological polar surface area (TPSA) is 81.2 Å². The second kappa shape index (κ2) is 6.55. The van der Waals surface area contributed by atoms with Gasteiger partial charge >= 0.3 is 0 Å². The SMILES string of the molecule is CC(C)(C)Cc1nc2cc(NC(=O)C[C@@H]3CCC[C@H]3N)ccc2o1. The molecule has 1 heterocycles. The van der Waals surface area contributed by atoms with Crippen molar-refractivity contribution in [3.63, 3.8) is 0 Å². The quantitative estimate of drug-likeness (QED) is 0.892. The monoisotopic (exact) mass is 329 g/mol. The fourth-order valence-corrected chi connectivity index (χ4v) is 3.35. The number of nitrogens with two attached hydrogens (primary N) is 1. The predicted octanol–water partition coefficient (Wildman–Crippen LogP) is 3.87. The number of nitrogens with zero attached hydrogens (tertiary/aromatic N) is 1. The highest BCUT2D eigenvalue weighted by atomic mass is 16.3. The smallest absolute Gasteiger partial charge is 0.224 e. The lowest BCUT2D eigenvalue weighted by Gasteiger charge is -2.14. The Morgan fingerprint density at radius 2 is 2.17 bits per heavy atom. The van der Waals surface area contributed by atoms with Crippen molar-refractivity contribution in [2.24, 2.45) is 17.1 Å². The van der Waals surface area contributed by atoms with E-state index in [1.807, 2.05) is 18.2 Å². The van der Waals surface area contributed by atoms with Crippen molar-refractivity contribution >= 4 is 22.7 Å². The lowest BCUT2D eigenvalue weighted by atomic mass is 9.92. The summed E-state index contributed by atoms with van der Waals surface area (Å²) in [5, 5.41) is 2.96. The lowest BCUT2D eigenvalue weighted by molar-refractivity contribution is -0.117. The first-order valence-corrected chi connectivity index (χ1v) is 8.75. The first-order chi connectivity index (χ1) is 11.3. The van der Waals surface area contributed by atoms with E-state index in [2.05, 4.69) is 31.1 Å². The number of fused-ring (bicyclic) bond motifs is 1. The molecular weight excluding hydrogens is 302 g/mol. The minimum absolute atomic E-state index is 0.0232. The van der Waals surface area contributed by atoms with Gasteiger partial charge in [0.2, 0.25) is 5.91 Å². The average molecular weight is 329 g/mol. The summed E-state index contributed by atoms with van der Waals surface area (Å²) in [4.78, 5) is 16.8. The fourth-order valence-electron chi connectivity index (χ4n) is 3.35. The minimum atomic E-state index is 0.0232. The van der Waals surface area contributed by atoms with Gasteiger partial charge in [-0.15, -0.1) is 0 Å². The summed E-state index contributed by atoms with van der Waals surface area (Å²) in [7, 11) is 0. The summed E-state index contributed by atoms with van der Waals surface area (Å²) in [6.45, 7) is 6.46. The summed E-state index contributed by atoms with van der Waals surface area (Å²) < 4.78 is 5.79. The standard InChI is InChI=1S/C19H27N3O2/c1-19(2,3)11-18-22-15-10-13(7-8-16(15)24-18)21-17(23)9-12-5-4-6-14(12)20/h7-8,10,12,14H,4-6,9,11,20H2,1-3H3,(H,21,23)/t12-,14+/m0/s1. The van der Waals surface area contributed by atoms with Crippen LogP contribution >= 0.6 is 0 Å². The summed E-state index contributed by atoms with van der Waals surface area (Å²) >= 11 is 0. The van der Waals surface area contributed by atoms with Gasteiger partial charge in [0.1, 0.15) is 5.52 Å². The fraction of sp³-hybridized carbons (Fsp3) is 0.579. The molecule has 5 heteroatoms. The molecule has 130 valence electrons. The Kier molecular flexibility index (Phi) is 4.63. The number of carbonyl (C=O) groups excluding carboxylic acids is 1. The average Bonchev–Trinajstić information content (AvgIpc) is 3.02. The molecule has 1 aliphatic carbocycles. The van der Waals surface area contributed by atoms with Crippen molar-refractivity contribution in [1.82, 2.24) is 4.98 Å². The number of amides is 1. The van der Waals surface area contributed by atoms with E-state index < -0.39 is 0 Å². The highest BCUT2D eigenvalue weighted by Crippen LogP contribution is 2.28. The molecule has 1 aliphatic rings. The normalized spacial score (nSPS) is 21.3. The molecule has 0 spiro atoms. The van der Waals surface area contributed by atoms with E-state index >= 15 is 0 Å². The number of anilines is 1. The first-order valence-electron chi connectivity index (χ1n) is 8.75. The molecule has 2 aromatic rings. The van der Waals surface area contributed by atoms with Crippen LogP contribution in [0.15, 0.2) is 22.6 Å². The molecule has 24 heavy (non-hydrogen) atoms. The second-order valence-corrected chi connectivity index (χ2v) is 8.13. The highest BCUT2D eigenvalue weighted by molar-refractivity contribution is 5.93. The molecule has 0 bridgehead atoms. The predicted molar refractivity (Wildman–Crippen MR) is 95.7 cm³/mol. The number of hydrogen-bond donors (Lipinski definition) is 2. The van der Waals surface area contributed by atoms with Gasteiger partial charge in [0, 0.05) is 24.6 Å². The van der Waals surface area contributed by atoms with Crippen molar-refractivity contribution in [3.05, 3.63) is 24.1 Å². The van der Waals surface area contributed by atoms with Crippen LogP contribution < -0.4 is 11.1 Å². The number of hydrogen-bond acceptors (Lipinski definition) is 4. The number of aromatic nitrogens is 1. The van der Waals surface area contributed by atoms with Gasteiger partial charge in [0.05, 0.1) is 0 Å². The maximum absolute atomic E-state index is 12.2. The van der Waals surface area contributed by atoms with Gasteiger partial charge < -0.3 is 15.5 Å². The zero-order valence-electron chi connectivity index (χ0n) is 14.8. The van der Waals surface area contributed by atoms with Crippen LogP contribution in [0.3, 0.4) is 0 Å². The molecule has 5 nitrogen and oxygen atoms in total. The van der Waals surface area contributed by atoms with E-state index in [0.717, 1.165) is 48.4 Å². The molecule has 2 atom stereocenters. The zero-order valence-corrected chi connectivity index (χ0v) is 14.8. The molecular formula is C19H27N3O2. The summed E-state index contributed by atoms with van der Waals surface area (Å²) in [5.74, 6) is 1.06. The number of nitrogens with one attached hydrogen (secondary N) is 1. The molecule has 1 amide bonds. The molecule has 3 N–H and O–H groups in total. The maximum Gasteiger partial charge on any atom is 0.224 e. The van der Waals surface area contributed by atoms with Crippen LogP contribution in [0.2, 0.25) is 0 Å². The van der Waals surface area contributed by atoms with Gasteiger partial charge in [-0.25, -0.2) is 4.98 Å². The maximum atomic E-state index is 12.2. The van der Waals surface area contributed by atoms with Gasteiger partial charge in [-0.05, 0) is 42.4 Å². The molecule has 0 radical (unpaired) electrons. The number of rotatable bonds is 4. The van der Waals surface area contributed by atoms with Crippen molar-refractivity contribution in [1.29, 1.82) is 0 Å². The number of carbonyl (C=O) groups is 1. The van der Waals surface area contributed by atoms with E-state index in [1.165, 1.54) is 0 Å². The van der Waals surface area contributed by atoms with Crippen molar-refractivity contribution in [2.75, 3.05) is 5.32 Å². The summed E-state index contributed by atoms with van der Waals surface area (Å²) in [5.41, 5.74) is 8.46. The third-order valence-corrected chi connectivity index (χ3v) is 4.56. The summed E-state index contributed by atoms with van der Waals surface area (Å²) in [6, 6.07) is 5.76. The van der Waals surface area contributed by atoms with Gasteiger partial charge in [0.25, 0.3) is 0 Å². The molecule has 0 saturated heterocycles. The van der Waals surface area contributed by atoms with Crippen LogP contribution in [0.1, 0.15) is 52.3 Å². The number of benzene rings is 1. The van der Waals surface area contributed by atoms with Gasteiger partial charge in [-0.3, -0.25) is 4.79 Å². The van der Waals surface area contributed by atoms with Crippen LogP contribution in [0.4, 0.5) is 5.69 Å². The third-order valence-electron chi connectivity index (χ3n) is 4.56. The molecule has 1 aromatic heterocycles. The Labute approximate surface area is 143 Å². The zero-order chi connectivity index (χ0) is 17.3. The van der Waals surface area contributed by atoms with Crippen LogP contribution in [0.5, 0.6) is 0 Å². The third kappa shape index (κ3) is 4.15.